The largest absolute Gasteiger partial charge is 0.497 e. The topological polar surface area (TPSA) is 112 Å². The van der Waals surface area contributed by atoms with E-state index in [9.17, 15) is 14.9 Å². The molecule has 0 radical (unpaired) electrons. The summed E-state index contributed by atoms with van der Waals surface area (Å²) in [5, 5.41) is 15.1. The van der Waals surface area contributed by atoms with Crippen molar-refractivity contribution < 1.29 is 19.0 Å². The van der Waals surface area contributed by atoms with Crippen molar-refractivity contribution in [3.05, 3.63) is 70.1 Å². The Morgan fingerprint density at radius 2 is 2.07 bits per heavy atom. The normalized spacial score (nSPS) is 16.3. The minimum atomic E-state index is -0.511. The average Bonchev–Trinajstić information content (AvgIpc) is 3.29. The molecule has 0 N–H and O–H groups in total. The fourth-order valence-corrected chi connectivity index (χ4v) is 3.60. The first-order valence-corrected chi connectivity index (χ1v) is 9.60. The van der Waals surface area contributed by atoms with Crippen LogP contribution in [0, 0.1) is 10.1 Å². The molecule has 2 heterocycles. The van der Waals surface area contributed by atoms with E-state index in [-0.39, 0.29) is 23.2 Å². The molecule has 1 aliphatic heterocycles. The van der Waals surface area contributed by atoms with Gasteiger partial charge in [-0.15, -0.1) is 0 Å². The van der Waals surface area contributed by atoms with Gasteiger partial charge in [0, 0.05) is 29.8 Å². The van der Waals surface area contributed by atoms with Gasteiger partial charge in [-0.3, -0.25) is 14.9 Å². The van der Waals surface area contributed by atoms with Crippen LogP contribution in [-0.4, -0.2) is 39.5 Å². The number of carbonyl (C=O) groups excluding carboxylic acids is 1. The fourth-order valence-electron chi connectivity index (χ4n) is 3.60. The standard InChI is InChI=1S/C21H20N4O5/c1-29-17-9-5-6-14(13-17)19-22-20(30-23-19)18-10-2-3-11-24(18)21(26)15-7-4-8-16(12-15)25(27)28/h4-9,12-13,18H,2-3,10-11H2,1H3/t18-/m0/s1. The van der Waals surface area contributed by atoms with Crippen LogP contribution in [0.15, 0.2) is 53.1 Å². The molecule has 1 amide bonds. The lowest BCUT2D eigenvalue weighted by atomic mass is 10.0. The van der Waals surface area contributed by atoms with Gasteiger partial charge in [0.2, 0.25) is 11.7 Å². The van der Waals surface area contributed by atoms with Crippen molar-refractivity contribution in [3.8, 4) is 17.1 Å². The number of benzene rings is 2. The molecule has 9 heteroatoms. The highest BCUT2D eigenvalue weighted by Gasteiger charge is 2.33. The Bertz CT molecular complexity index is 1080. The molecule has 0 aliphatic carbocycles. The maximum atomic E-state index is 13.1. The summed E-state index contributed by atoms with van der Waals surface area (Å²) in [6.07, 6.45) is 2.44. The van der Waals surface area contributed by atoms with Crippen molar-refractivity contribution in [2.24, 2.45) is 0 Å². The van der Waals surface area contributed by atoms with E-state index in [1.165, 1.54) is 18.2 Å². The SMILES string of the molecule is COc1cccc(-c2noc([C@@H]3CCCCN3C(=O)c3cccc([N+](=O)[O-])c3)n2)c1. The van der Waals surface area contributed by atoms with Gasteiger partial charge in [0.25, 0.3) is 11.6 Å². The molecule has 0 bridgehead atoms. The van der Waals surface area contributed by atoms with Crippen molar-refractivity contribution in [3.63, 3.8) is 0 Å². The van der Waals surface area contributed by atoms with E-state index in [4.69, 9.17) is 9.26 Å². The second-order valence-electron chi connectivity index (χ2n) is 7.01. The number of carbonyl (C=O) groups is 1. The Kier molecular flexibility index (Phi) is 5.42. The summed E-state index contributed by atoms with van der Waals surface area (Å²) >= 11 is 0. The Morgan fingerprint density at radius 3 is 2.87 bits per heavy atom. The smallest absolute Gasteiger partial charge is 0.270 e. The number of piperidine rings is 1. The number of likely N-dealkylation sites (tertiary alicyclic amines) is 1. The third-order valence-corrected chi connectivity index (χ3v) is 5.12. The molecule has 1 saturated heterocycles. The number of hydrogen-bond acceptors (Lipinski definition) is 7. The van der Waals surface area contributed by atoms with Crippen LogP contribution in [0.2, 0.25) is 0 Å². The molecule has 1 fully saturated rings. The zero-order valence-corrected chi connectivity index (χ0v) is 16.4. The number of hydrogen-bond donors (Lipinski definition) is 0. The number of rotatable bonds is 5. The van der Waals surface area contributed by atoms with Crippen LogP contribution in [0.25, 0.3) is 11.4 Å². The average molecular weight is 408 g/mol. The first-order chi connectivity index (χ1) is 14.6. The van der Waals surface area contributed by atoms with Crippen molar-refractivity contribution in [2.45, 2.75) is 25.3 Å². The molecule has 1 aliphatic rings. The fraction of sp³-hybridized carbons (Fsp3) is 0.286. The number of amides is 1. The molecule has 2 aromatic carbocycles. The summed E-state index contributed by atoms with van der Waals surface area (Å²) < 4.78 is 10.7. The van der Waals surface area contributed by atoms with E-state index >= 15 is 0 Å². The number of nitro benzene ring substituents is 1. The number of nitrogens with zero attached hydrogens (tertiary/aromatic N) is 4. The predicted molar refractivity (Wildman–Crippen MR) is 107 cm³/mol. The molecule has 0 spiro atoms. The van der Waals surface area contributed by atoms with E-state index in [2.05, 4.69) is 10.1 Å². The molecule has 1 aromatic heterocycles. The Balaban J connectivity index is 1.61. The van der Waals surface area contributed by atoms with Gasteiger partial charge >= 0.3 is 0 Å². The van der Waals surface area contributed by atoms with E-state index in [0.29, 0.717) is 30.4 Å². The van der Waals surface area contributed by atoms with Gasteiger partial charge in [0.15, 0.2) is 0 Å². The minimum absolute atomic E-state index is 0.118. The van der Waals surface area contributed by atoms with Gasteiger partial charge < -0.3 is 14.2 Å². The quantitative estimate of drug-likeness (QED) is 0.463. The van der Waals surface area contributed by atoms with E-state index < -0.39 is 4.92 Å². The number of ether oxygens (including phenoxy) is 1. The van der Waals surface area contributed by atoms with Gasteiger partial charge in [-0.1, -0.05) is 23.4 Å². The van der Waals surface area contributed by atoms with E-state index in [0.717, 1.165) is 18.4 Å². The van der Waals surface area contributed by atoms with Gasteiger partial charge in [-0.25, -0.2) is 0 Å². The van der Waals surface area contributed by atoms with Crippen molar-refractivity contribution in [1.29, 1.82) is 0 Å². The first-order valence-electron chi connectivity index (χ1n) is 9.60. The maximum Gasteiger partial charge on any atom is 0.270 e. The van der Waals surface area contributed by atoms with Crippen molar-refractivity contribution in [2.75, 3.05) is 13.7 Å². The molecule has 1 atom stereocenters. The molecular weight excluding hydrogens is 388 g/mol. The third kappa shape index (κ3) is 3.86. The van der Waals surface area contributed by atoms with Crippen LogP contribution in [0.3, 0.4) is 0 Å². The summed E-state index contributed by atoms with van der Waals surface area (Å²) in [4.78, 5) is 29.8. The Morgan fingerprint density at radius 1 is 1.23 bits per heavy atom. The lowest BCUT2D eigenvalue weighted by Gasteiger charge is -2.33. The molecule has 4 rings (SSSR count). The summed E-state index contributed by atoms with van der Waals surface area (Å²) in [5.41, 5.74) is 0.896. The molecule has 3 aromatic rings. The van der Waals surface area contributed by atoms with Crippen LogP contribution in [0.4, 0.5) is 5.69 Å². The zero-order valence-electron chi connectivity index (χ0n) is 16.4. The highest BCUT2D eigenvalue weighted by molar-refractivity contribution is 5.95. The van der Waals surface area contributed by atoms with Crippen molar-refractivity contribution in [1.82, 2.24) is 15.0 Å². The van der Waals surface area contributed by atoms with E-state index in [1.807, 2.05) is 24.3 Å². The third-order valence-electron chi connectivity index (χ3n) is 5.12. The molecular formula is C21H20N4O5. The molecule has 9 nitrogen and oxygen atoms in total. The summed E-state index contributed by atoms with van der Waals surface area (Å²) in [7, 11) is 1.58. The Hall–Kier alpha value is -3.75. The second kappa shape index (κ2) is 8.32. The lowest BCUT2D eigenvalue weighted by Crippen LogP contribution is -2.38. The van der Waals surface area contributed by atoms with Crippen LogP contribution < -0.4 is 4.74 Å². The molecule has 30 heavy (non-hydrogen) atoms. The summed E-state index contributed by atoms with van der Waals surface area (Å²) in [5.74, 6) is 1.16. The first kappa shape index (κ1) is 19.6. The number of nitro groups is 1. The highest BCUT2D eigenvalue weighted by atomic mass is 16.6. The number of methoxy groups -OCH3 is 1. The monoisotopic (exact) mass is 408 g/mol. The molecule has 0 unspecified atom stereocenters. The van der Waals surface area contributed by atoms with Crippen LogP contribution >= 0.6 is 0 Å². The number of non-ortho nitro benzene ring substituents is 1. The van der Waals surface area contributed by atoms with Gasteiger partial charge in [0.05, 0.1) is 12.0 Å². The zero-order chi connectivity index (χ0) is 21.1. The van der Waals surface area contributed by atoms with E-state index in [1.54, 1.807) is 18.1 Å². The predicted octanol–water partition coefficient (Wildman–Crippen LogP) is 4.02. The Labute approximate surface area is 172 Å². The lowest BCUT2D eigenvalue weighted by molar-refractivity contribution is -0.384. The summed E-state index contributed by atoms with van der Waals surface area (Å²) in [6.45, 7) is 0.517. The van der Waals surface area contributed by atoms with Gasteiger partial charge in [0.1, 0.15) is 11.8 Å². The summed E-state index contributed by atoms with van der Waals surface area (Å²) in [6, 6.07) is 12.7. The van der Waals surface area contributed by atoms with Gasteiger partial charge in [-0.2, -0.15) is 4.98 Å². The maximum absolute atomic E-state index is 13.1. The van der Waals surface area contributed by atoms with Gasteiger partial charge in [-0.05, 0) is 37.5 Å². The highest BCUT2D eigenvalue weighted by Crippen LogP contribution is 2.33. The molecule has 154 valence electrons. The minimum Gasteiger partial charge on any atom is -0.497 e. The van der Waals surface area contributed by atoms with Crippen LogP contribution in [0.1, 0.15) is 41.6 Å². The molecule has 0 saturated carbocycles. The van der Waals surface area contributed by atoms with Crippen LogP contribution in [0.5, 0.6) is 5.75 Å². The van der Waals surface area contributed by atoms with Crippen molar-refractivity contribution >= 4 is 11.6 Å². The van der Waals surface area contributed by atoms with Crippen LogP contribution in [-0.2, 0) is 0 Å². The number of aromatic nitrogens is 2. The second-order valence-corrected chi connectivity index (χ2v) is 7.01.